The smallest absolute Gasteiger partial charge is 0.304 e. The molecule has 0 saturated heterocycles. The second-order valence-electron chi connectivity index (χ2n) is 5.91. The number of nitrogens with zero attached hydrogens (tertiary/aromatic N) is 1. The van der Waals surface area contributed by atoms with Crippen molar-refractivity contribution in [1.29, 1.82) is 0 Å². The molecular weight excluding hydrogens is 262 g/mol. The van der Waals surface area contributed by atoms with Crippen LogP contribution in [0.3, 0.4) is 0 Å². The first-order valence-corrected chi connectivity index (χ1v) is 7.99. The molecule has 1 atom stereocenters. The van der Waals surface area contributed by atoms with E-state index < -0.39 is 5.97 Å². The summed E-state index contributed by atoms with van der Waals surface area (Å²) < 4.78 is 0. The second-order valence-corrected chi connectivity index (χ2v) is 5.91. The lowest BCUT2D eigenvalue weighted by Gasteiger charge is -2.30. The van der Waals surface area contributed by atoms with Crippen LogP contribution in [0.5, 0.6) is 0 Å². The number of hydrogen-bond acceptors (Lipinski definition) is 2. The highest BCUT2D eigenvalue weighted by molar-refractivity contribution is 5.67. The maximum atomic E-state index is 11.2. The van der Waals surface area contributed by atoms with E-state index in [2.05, 4.69) is 50.8 Å². The number of carbonyl (C=O) groups is 1. The van der Waals surface area contributed by atoms with E-state index in [-0.39, 0.29) is 12.5 Å². The first kappa shape index (κ1) is 17.7. The fourth-order valence-corrected chi connectivity index (χ4v) is 2.79. The van der Waals surface area contributed by atoms with Gasteiger partial charge in [-0.3, -0.25) is 9.69 Å². The van der Waals surface area contributed by atoms with E-state index in [1.54, 1.807) is 0 Å². The number of benzene rings is 1. The monoisotopic (exact) mass is 291 g/mol. The highest BCUT2D eigenvalue weighted by Gasteiger charge is 2.20. The predicted molar refractivity (Wildman–Crippen MR) is 87.8 cm³/mol. The second kappa shape index (κ2) is 8.83. The van der Waals surface area contributed by atoms with Crippen molar-refractivity contribution in [3.63, 3.8) is 0 Å². The van der Waals surface area contributed by atoms with Crippen LogP contribution in [0.4, 0.5) is 0 Å². The molecule has 1 rings (SSSR count). The lowest BCUT2D eigenvalue weighted by atomic mass is 9.98. The summed E-state index contributed by atoms with van der Waals surface area (Å²) in [4.78, 5) is 13.5. The van der Waals surface area contributed by atoms with Crippen LogP contribution < -0.4 is 0 Å². The number of carboxylic acid groups (broad SMARTS) is 1. The Morgan fingerprint density at radius 1 is 1.14 bits per heavy atom. The first-order chi connectivity index (χ1) is 9.97. The molecule has 21 heavy (non-hydrogen) atoms. The highest BCUT2D eigenvalue weighted by atomic mass is 16.4. The number of aliphatic carboxylic acids is 1. The van der Waals surface area contributed by atoms with E-state index in [4.69, 9.17) is 0 Å². The van der Waals surface area contributed by atoms with Crippen LogP contribution in [0, 0.1) is 13.8 Å². The fourth-order valence-electron chi connectivity index (χ4n) is 2.79. The van der Waals surface area contributed by atoms with Gasteiger partial charge in [0.1, 0.15) is 0 Å². The Hall–Kier alpha value is -1.35. The average molecular weight is 291 g/mol. The van der Waals surface area contributed by atoms with Gasteiger partial charge in [-0.15, -0.1) is 0 Å². The Kier molecular flexibility index (Phi) is 7.44. The number of rotatable bonds is 9. The molecule has 0 aliphatic heterocycles. The zero-order valence-electron chi connectivity index (χ0n) is 13.9. The van der Waals surface area contributed by atoms with Crippen molar-refractivity contribution in [3.05, 3.63) is 34.9 Å². The number of hydrogen-bond donors (Lipinski definition) is 1. The van der Waals surface area contributed by atoms with Crippen molar-refractivity contribution in [3.8, 4) is 0 Å². The molecule has 0 spiro atoms. The van der Waals surface area contributed by atoms with Gasteiger partial charge in [-0.2, -0.15) is 0 Å². The summed E-state index contributed by atoms with van der Waals surface area (Å²) in [5, 5.41) is 9.22. The number of carboxylic acids is 1. The van der Waals surface area contributed by atoms with Crippen molar-refractivity contribution >= 4 is 5.97 Å². The van der Waals surface area contributed by atoms with Crippen LogP contribution in [-0.4, -0.2) is 35.1 Å². The summed E-state index contributed by atoms with van der Waals surface area (Å²) >= 11 is 0. The lowest BCUT2D eigenvalue weighted by molar-refractivity contribution is -0.138. The van der Waals surface area contributed by atoms with Gasteiger partial charge in [-0.1, -0.05) is 32.0 Å². The molecule has 0 aliphatic rings. The van der Waals surface area contributed by atoms with E-state index in [1.165, 1.54) is 16.7 Å². The van der Waals surface area contributed by atoms with Crippen LogP contribution in [0.15, 0.2) is 18.2 Å². The fraction of sp³-hybridized carbons (Fsp3) is 0.611. The van der Waals surface area contributed by atoms with Gasteiger partial charge in [0.15, 0.2) is 0 Å². The first-order valence-electron chi connectivity index (χ1n) is 7.99. The summed E-state index contributed by atoms with van der Waals surface area (Å²) in [6.45, 7) is 10.5. The molecule has 1 N–H and O–H groups in total. The van der Waals surface area contributed by atoms with Crippen LogP contribution in [0.25, 0.3) is 0 Å². The molecule has 0 saturated carbocycles. The van der Waals surface area contributed by atoms with Gasteiger partial charge < -0.3 is 5.11 Å². The van der Waals surface area contributed by atoms with Crippen molar-refractivity contribution in [2.75, 3.05) is 13.1 Å². The molecule has 0 heterocycles. The standard InChI is InChI=1S/C18H29NO2/c1-5-9-19(10-6-2)17(13-18(20)21)12-16-8-7-14(3)15(4)11-16/h7-8,11,17H,5-6,9-10,12-13H2,1-4H3,(H,20,21). The Morgan fingerprint density at radius 3 is 2.24 bits per heavy atom. The molecule has 0 bridgehead atoms. The minimum absolute atomic E-state index is 0.0875. The molecule has 0 fully saturated rings. The Labute approximate surface area is 129 Å². The van der Waals surface area contributed by atoms with Crippen molar-refractivity contribution < 1.29 is 9.90 Å². The van der Waals surface area contributed by atoms with E-state index in [9.17, 15) is 9.90 Å². The third-order valence-corrected chi connectivity index (χ3v) is 3.99. The number of aryl methyl sites for hydroxylation is 2. The Morgan fingerprint density at radius 2 is 1.76 bits per heavy atom. The van der Waals surface area contributed by atoms with Gasteiger partial charge >= 0.3 is 5.97 Å². The molecule has 3 heteroatoms. The van der Waals surface area contributed by atoms with Crippen LogP contribution >= 0.6 is 0 Å². The van der Waals surface area contributed by atoms with E-state index in [0.717, 1.165) is 32.4 Å². The summed E-state index contributed by atoms with van der Waals surface area (Å²) in [5.41, 5.74) is 3.80. The van der Waals surface area contributed by atoms with Crippen molar-refractivity contribution in [1.82, 2.24) is 4.90 Å². The predicted octanol–water partition coefficient (Wildman–Crippen LogP) is 3.81. The van der Waals surface area contributed by atoms with Gasteiger partial charge in [0.05, 0.1) is 6.42 Å². The summed E-state index contributed by atoms with van der Waals surface area (Å²) in [6, 6.07) is 6.55. The molecule has 1 unspecified atom stereocenters. The van der Waals surface area contributed by atoms with Crippen molar-refractivity contribution in [2.45, 2.75) is 59.4 Å². The van der Waals surface area contributed by atoms with E-state index >= 15 is 0 Å². The SMILES string of the molecule is CCCN(CCC)C(CC(=O)O)Cc1ccc(C)c(C)c1. The van der Waals surface area contributed by atoms with Gasteiger partial charge in [-0.05, 0) is 62.9 Å². The molecule has 0 aliphatic carbocycles. The zero-order chi connectivity index (χ0) is 15.8. The maximum Gasteiger partial charge on any atom is 0.304 e. The molecule has 0 amide bonds. The van der Waals surface area contributed by atoms with Gasteiger partial charge in [0.25, 0.3) is 0 Å². The summed E-state index contributed by atoms with van der Waals surface area (Å²) in [7, 11) is 0. The maximum absolute atomic E-state index is 11.2. The van der Waals surface area contributed by atoms with Crippen molar-refractivity contribution in [2.24, 2.45) is 0 Å². The highest BCUT2D eigenvalue weighted by Crippen LogP contribution is 2.17. The van der Waals surface area contributed by atoms with E-state index in [0.29, 0.717) is 0 Å². The zero-order valence-corrected chi connectivity index (χ0v) is 13.9. The molecular formula is C18H29NO2. The van der Waals surface area contributed by atoms with Crippen LogP contribution in [0.2, 0.25) is 0 Å². The molecule has 3 nitrogen and oxygen atoms in total. The van der Waals surface area contributed by atoms with Gasteiger partial charge in [0.2, 0.25) is 0 Å². The topological polar surface area (TPSA) is 40.5 Å². The van der Waals surface area contributed by atoms with E-state index in [1.807, 2.05) is 0 Å². The lowest BCUT2D eigenvalue weighted by Crippen LogP contribution is -2.39. The molecule has 0 aromatic heterocycles. The Bertz CT molecular complexity index is 451. The minimum Gasteiger partial charge on any atom is -0.481 e. The largest absolute Gasteiger partial charge is 0.481 e. The summed E-state index contributed by atoms with van der Waals surface area (Å²) in [5.74, 6) is -0.707. The molecule has 0 radical (unpaired) electrons. The quantitative estimate of drug-likeness (QED) is 0.752. The van der Waals surface area contributed by atoms with Crippen LogP contribution in [-0.2, 0) is 11.2 Å². The minimum atomic E-state index is -0.707. The van der Waals surface area contributed by atoms with Gasteiger partial charge in [0, 0.05) is 6.04 Å². The summed E-state index contributed by atoms with van der Waals surface area (Å²) in [6.07, 6.45) is 3.15. The van der Waals surface area contributed by atoms with Gasteiger partial charge in [-0.25, -0.2) is 0 Å². The molecule has 118 valence electrons. The Balaban J connectivity index is 2.89. The third-order valence-electron chi connectivity index (χ3n) is 3.99. The normalized spacial score (nSPS) is 12.6. The average Bonchev–Trinajstić information content (AvgIpc) is 2.41. The third kappa shape index (κ3) is 5.88. The molecule has 1 aromatic carbocycles. The van der Waals surface area contributed by atoms with Crippen LogP contribution in [0.1, 0.15) is 49.8 Å². The molecule has 1 aromatic rings.